The van der Waals surface area contributed by atoms with Crippen molar-refractivity contribution in [1.29, 1.82) is 0 Å². The fourth-order valence-electron chi connectivity index (χ4n) is 1.52. The molecule has 17 heavy (non-hydrogen) atoms. The summed E-state index contributed by atoms with van der Waals surface area (Å²) in [5.74, 6) is 0. The molecule has 0 aliphatic rings. The number of thiophene rings is 1. The summed E-state index contributed by atoms with van der Waals surface area (Å²) in [7, 11) is 0. The summed E-state index contributed by atoms with van der Waals surface area (Å²) in [5, 5.41) is 2.04. The normalized spacial score (nSPS) is 12.6. The second-order valence-corrected chi connectivity index (χ2v) is 5.57. The number of nitrogens with two attached hydrogens (primary N) is 1. The minimum atomic E-state index is -0.00125. The summed E-state index contributed by atoms with van der Waals surface area (Å²) in [6, 6.07) is 12.2. The third-order valence-electron chi connectivity index (χ3n) is 2.44. The molecule has 0 saturated carbocycles. The molecule has 0 bridgehead atoms. The summed E-state index contributed by atoms with van der Waals surface area (Å²) < 4.78 is 6.91. The predicted octanol–water partition coefficient (Wildman–Crippen LogP) is 3.73. The van der Waals surface area contributed by atoms with E-state index in [0.29, 0.717) is 13.2 Å². The number of hydrogen-bond donors (Lipinski definition) is 1. The van der Waals surface area contributed by atoms with E-state index in [2.05, 4.69) is 22.0 Å². The minimum Gasteiger partial charge on any atom is -0.367 e. The Bertz CT molecular complexity index is 441. The molecule has 1 atom stereocenters. The van der Waals surface area contributed by atoms with Crippen LogP contribution in [0.3, 0.4) is 0 Å². The van der Waals surface area contributed by atoms with Crippen molar-refractivity contribution in [3.63, 3.8) is 0 Å². The summed E-state index contributed by atoms with van der Waals surface area (Å²) >= 11 is 5.09. The van der Waals surface area contributed by atoms with Crippen LogP contribution < -0.4 is 5.73 Å². The maximum atomic E-state index is 5.83. The van der Waals surface area contributed by atoms with Gasteiger partial charge in [-0.25, -0.2) is 0 Å². The lowest BCUT2D eigenvalue weighted by atomic mass is 10.2. The lowest BCUT2D eigenvalue weighted by molar-refractivity contribution is 0.0480. The molecule has 1 unspecified atom stereocenters. The van der Waals surface area contributed by atoms with E-state index in [1.165, 1.54) is 4.88 Å². The van der Waals surface area contributed by atoms with Crippen LogP contribution in [0.15, 0.2) is 46.3 Å². The number of halogens is 1. The van der Waals surface area contributed by atoms with Gasteiger partial charge >= 0.3 is 0 Å². The molecule has 0 fully saturated rings. The Morgan fingerprint density at radius 2 is 2.00 bits per heavy atom. The van der Waals surface area contributed by atoms with Crippen molar-refractivity contribution < 1.29 is 4.74 Å². The lowest BCUT2D eigenvalue weighted by Crippen LogP contribution is -2.14. The lowest BCUT2D eigenvalue weighted by Gasteiger charge is -2.14. The summed E-state index contributed by atoms with van der Waals surface area (Å²) in [6.07, 6.45) is -0.00125. The van der Waals surface area contributed by atoms with Crippen molar-refractivity contribution in [3.8, 4) is 0 Å². The topological polar surface area (TPSA) is 35.2 Å². The smallest absolute Gasteiger partial charge is 0.104 e. The van der Waals surface area contributed by atoms with Gasteiger partial charge in [-0.15, -0.1) is 11.3 Å². The highest BCUT2D eigenvalue weighted by Crippen LogP contribution is 2.23. The van der Waals surface area contributed by atoms with Crippen molar-refractivity contribution in [2.24, 2.45) is 5.73 Å². The van der Waals surface area contributed by atoms with Crippen LogP contribution in [0.25, 0.3) is 0 Å². The van der Waals surface area contributed by atoms with Crippen LogP contribution in [-0.2, 0) is 11.3 Å². The molecule has 0 spiro atoms. The molecule has 2 N–H and O–H groups in total. The first-order valence-corrected chi connectivity index (χ1v) is 7.06. The molecule has 90 valence electrons. The first-order valence-electron chi connectivity index (χ1n) is 5.39. The second kappa shape index (κ2) is 6.31. The summed E-state index contributed by atoms with van der Waals surface area (Å²) in [4.78, 5) is 1.18. The first kappa shape index (κ1) is 12.8. The van der Waals surface area contributed by atoms with E-state index >= 15 is 0 Å². The molecule has 2 rings (SSSR count). The zero-order chi connectivity index (χ0) is 12.1. The van der Waals surface area contributed by atoms with Crippen LogP contribution in [0.2, 0.25) is 0 Å². The molecule has 0 saturated heterocycles. The zero-order valence-corrected chi connectivity index (χ0v) is 11.7. The molecule has 0 aliphatic heterocycles. The monoisotopic (exact) mass is 311 g/mol. The third kappa shape index (κ3) is 3.64. The molecular formula is C13H14BrNOS. The molecule has 0 radical (unpaired) electrons. The molecule has 0 aliphatic carbocycles. The molecule has 2 nitrogen and oxygen atoms in total. The van der Waals surface area contributed by atoms with E-state index in [0.717, 1.165) is 10.0 Å². The van der Waals surface area contributed by atoms with Crippen molar-refractivity contribution in [3.05, 3.63) is 56.7 Å². The van der Waals surface area contributed by atoms with E-state index in [-0.39, 0.29) is 6.10 Å². The van der Waals surface area contributed by atoms with Gasteiger partial charge in [-0.2, -0.15) is 0 Å². The number of hydrogen-bond acceptors (Lipinski definition) is 3. The van der Waals surface area contributed by atoms with Gasteiger partial charge in [0.25, 0.3) is 0 Å². The van der Waals surface area contributed by atoms with Gasteiger partial charge in [-0.1, -0.05) is 34.1 Å². The van der Waals surface area contributed by atoms with Crippen LogP contribution in [0, 0.1) is 0 Å². The summed E-state index contributed by atoms with van der Waals surface area (Å²) in [5.41, 5.74) is 6.88. The fourth-order valence-corrected chi connectivity index (χ4v) is 2.57. The van der Waals surface area contributed by atoms with Gasteiger partial charge in [0.2, 0.25) is 0 Å². The Labute approximate surface area is 114 Å². The van der Waals surface area contributed by atoms with Crippen LogP contribution in [0.1, 0.15) is 16.5 Å². The Balaban J connectivity index is 1.94. The minimum absolute atomic E-state index is 0.00125. The Kier molecular flexibility index (Phi) is 4.74. The van der Waals surface area contributed by atoms with Crippen LogP contribution >= 0.6 is 27.3 Å². The van der Waals surface area contributed by atoms with Crippen molar-refractivity contribution in [2.75, 3.05) is 6.54 Å². The van der Waals surface area contributed by atoms with Crippen molar-refractivity contribution in [2.45, 2.75) is 12.7 Å². The molecule has 1 aromatic carbocycles. The van der Waals surface area contributed by atoms with Gasteiger partial charge in [0, 0.05) is 15.9 Å². The fraction of sp³-hybridized carbons (Fsp3) is 0.231. The highest BCUT2D eigenvalue weighted by atomic mass is 79.9. The third-order valence-corrected chi connectivity index (χ3v) is 3.93. The zero-order valence-electron chi connectivity index (χ0n) is 9.30. The van der Waals surface area contributed by atoms with E-state index in [9.17, 15) is 0 Å². The second-order valence-electron chi connectivity index (χ2n) is 3.68. The van der Waals surface area contributed by atoms with E-state index in [1.807, 2.05) is 35.7 Å². The average molecular weight is 312 g/mol. The van der Waals surface area contributed by atoms with Gasteiger partial charge in [-0.05, 0) is 29.1 Å². The van der Waals surface area contributed by atoms with E-state index in [4.69, 9.17) is 10.5 Å². The highest BCUT2D eigenvalue weighted by molar-refractivity contribution is 9.10. The number of rotatable bonds is 5. The van der Waals surface area contributed by atoms with Crippen molar-refractivity contribution >= 4 is 27.3 Å². The van der Waals surface area contributed by atoms with Crippen LogP contribution in [0.4, 0.5) is 0 Å². The van der Waals surface area contributed by atoms with Crippen molar-refractivity contribution in [1.82, 2.24) is 0 Å². The van der Waals surface area contributed by atoms with E-state index in [1.54, 1.807) is 11.3 Å². The maximum absolute atomic E-state index is 5.83. The SMILES string of the molecule is NCC(OCc1ccc(Br)cc1)c1cccs1. The van der Waals surface area contributed by atoms with Gasteiger partial charge in [-0.3, -0.25) is 0 Å². The molecule has 1 aromatic heterocycles. The van der Waals surface area contributed by atoms with Gasteiger partial charge in [0.1, 0.15) is 6.10 Å². The summed E-state index contributed by atoms with van der Waals surface area (Å²) in [6.45, 7) is 1.10. The molecular weight excluding hydrogens is 298 g/mol. The van der Waals surface area contributed by atoms with Gasteiger partial charge < -0.3 is 10.5 Å². The number of ether oxygens (including phenoxy) is 1. The van der Waals surface area contributed by atoms with Crippen LogP contribution in [-0.4, -0.2) is 6.54 Å². The molecule has 4 heteroatoms. The molecule has 1 heterocycles. The molecule has 2 aromatic rings. The Morgan fingerprint density at radius 3 is 2.59 bits per heavy atom. The molecule has 0 amide bonds. The highest BCUT2D eigenvalue weighted by Gasteiger charge is 2.10. The van der Waals surface area contributed by atoms with Gasteiger partial charge in [0.05, 0.1) is 6.61 Å². The Hall–Kier alpha value is -0.680. The standard InChI is InChI=1S/C13H14BrNOS/c14-11-5-3-10(4-6-11)9-16-12(8-15)13-2-1-7-17-13/h1-7,12H,8-9,15H2. The van der Waals surface area contributed by atoms with Crippen LogP contribution in [0.5, 0.6) is 0 Å². The average Bonchev–Trinajstić information content (AvgIpc) is 2.86. The maximum Gasteiger partial charge on any atom is 0.104 e. The van der Waals surface area contributed by atoms with Gasteiger partial charge in [0.15, 0.2) is 0 Å². The predicted molar refractivity (Wildman–Crippen MR) is 75.0 cm³/mol. The Morgan fingerprint density at radius 1 is 1.24 bits per heavy atom. The quantitative estimate of drug-likeness (QED) is 0.913. The first-order chi connectivity index (χ1) is 8.29. The number of benzene rings is 1. The van der Waals surface area contributed by atoms with E-state index < -0.39 is 0 Å². The largest absolute Gasteiger partial charge is 0.367 e.